The molecule has 2 heterocycles. The fourth-order valence-corrected chi connectivity index (χ4v) is 2.80. The molecule has 7 nitrogen and oxygen atoms in total. The lowest BCUT2D eigenvalue weighted by molar-refractivity contribution is 0.208. The Morgan fingerprint density at radius 2 is 1.84 bits per heavy atom. The van der Waals surface area contributed by atoms with Gasteiger partial charge >= 0.3 is 6.03 Å². The van der Waals surface area contributed by atoms with E-state index in [2.05, 4.69) is 20.4 Å². The highest BCUT2D eigenvalue weighted by atomic mass is 16.5. The highest BCUT2D eigenvalue weighted by Gasteiger charge is 2.22. The molecule has 2 amide bonds. The molecule has 3 rings (SSSR count). The second kappa shape index (κ2) is 7.38. The van der Waals surface area contributed by atoms with E-state index in [-0.39, 0.29) is 6.03 Å². The molecule has 132 valence electrons. The molecule has 0 atom stereocenters. The van der Waals surface area contributed by atoms with Crippen LogP contribution in [0.15, 0.2) is 30.3 Å². The molecule has 0 aliphatic carbocycles. The highest BCUT2D eigenvalue weighted by Crippen LogP contribution is 2.21. The number of ether oxygens (including phenoxy) is 1. The zero-order chi connectivity index (χ0) is 17.8. The van der Waals surface area contributed by atoms with Crippen molar-refractivity contribution in [2.24, 2.45) is 0 Å². The molecule has 1 aliphatic rings. The van der Waals surface area contributed by atoms with Gasteiger partial charge in [0.1, 0.15) is 5.75 Å². The van der Waals surface area contributed by atoms with Crippen LogP contribution in [0.5, 0.6) is 5.75 Å². The van der Waals surface area contributed by atoms with Gasteiger partial charge in [0, 0.05) is 31.9 Å². The van der Waals surface area contributed by atoms with Crippen LogP contribution in [-0.4, -0.2) is 54.4 Å². The largest absolute Gasteiger partial charge is 0.497 e. The number of carbonyl (C=O) groups is 1. The van der Waals surface area contributed by atoms with Gasteiger partial charge in [-0.25, -0.2) is 4.79 Å². The summed E-state index contributed by atoms with van der Waals surface area (Å²) in [6.07, 6.45) is 0. The van der Waals surface area contributed by atoms with Crippen LogP contribution in [0.2, 0.25) is 0 Å². The van der Waals surface area contributed by atoms with Crippen LogP contribution >= 0.6 is 0 Å². The van der Waals surface area contributed by atoms with E-state index >= 15 is 0 Å². The summed E-state index contributed by atoms with van der Waals surface area (Å²) in [5, 5.41) is 11.3. The van der Waals surface area contributed by atoms with Crippen LogP contribution in [0.3, 0.4) is 0 Å². The SMILES string of the molecule is COc1ccc(NC(=O)N2CCN(c3ccc(C)nn3)CC2)c(C)c1. The quantitative estimate of drug-likeness (QED) is 0.928. The summed E-state index contributed by atoms with van der Waals surface area (Å²) in [5.41, 5.74) is 2.68. The third kappa shape index (κ3) is 3.99. The Labute approximate surface area is 147 Å². The zero-order valence-electron chi connectivity index (χ0n) is 14.8. The molecule has 0 spiro atoms. The van der Waals surface area contributed by atoms with Gasteiger partial charge in [0.05, 0.1) is 12.8 Å². The van der Waals surface area contributed by atoms with Crippen molar-refractivity contribution in [3.63, 3.8) is 0 Å². The molecule has 0 saturated carbocycles. The van der Waals surface area contributed by atoms with Crippen molar-refractivity contribution in [2.75, 3.05) is 43.5 Å². The van der Waals surface area contributed by atoms with Crippen LogP contribution in [0.25, 0.3) is 0 Å². The molecule has 2 aromatic rings. The molecule has 0 radical (unpaired) electrons. The van der Waals surface area contributed by atoms with Crippen molar-refractivity contribution in [3.8, 4) is 5.75 Å². The molecule has 1 fully saturated rings. The van der Waals surface area contributed by atoms with Gasteiger partial charge in [0.2, 0.25) is 0 Å². The number of piperazine rings is 1. The second-order valence-corrected chi connectivity index (χ2v) is 6.12. The van der Waals surface area contributed by atoms with Gasteiger partial charge in [-0.15, -0.1) is 5.10 Å². The van der Waals surface area contributed by atoms with Crippen molar-refractivity contribution in [2.45, 2.75) is 13.8 Å². The maximum absolute atomic E-state index is 12.5. The summed E-state index contributed by atoms with van der Waals surface area (Å²) < 4.78 is 5.19. The molecule has 7 heteroatoms. The minimum absolute atomic E-state index is 0.0806. The number of nitrogens with zero attached hydrogens (tertiary/aromatic N) is 4. The van der Waals surface area contributed by atoms with E-state index in [9.17, 15) is 4.79 Å². The minimum atomic E-state index is -0.0806. The molecule has 25 heavy (non-hydrogen) atoms. The summed E-state index contributed by atoms with van der Waals surface area (Å²) in [6, 6.07) is 9.46. The van der Waals surface area contributed by atoms with Crippen molar-refractivity contribution >= 4 is 17.5 Å². The van der Waals surface area contributed by atoms with Crippen molar-refractivity contribution in [3.05, 3.63) is 41.6 Å². The van der Waals surface area contributed by atoms with E-state index < -0.39 is 0 Å². The molecule has 1 aliphatic heterocycles. The second-order valence-electron chi connectivity index (χ2n) is 6.12. The smallest absolute Gasteiger partial charge is 0.321 e. The first-order chi connectivity index (χ1) is 12.1. The molecule has 1 N–H and O–H groups in total. The number of hydrogen-bond donors (Lipinski definition) is 1. The van der Waals surface area contributed by atoms with Gasteiger partial charge in [-0.3, -0.25) is 0 Å². The average molecular weight is 341 g/mol. The molecular formula is C18H23N5O2. The number of amides is 2. The number of aromatic nitrogens is 2. The lowest BCUT2D eigenvalue weighted by atomic mass is 10.2. The topological polar surface area (TPSA) is 70.6 Å². The first-order valence-electron chi connectivity index (χ1n) is 8.32. The summed E-state index contributed by atoms with van der Waals surface area (Å²) in [6.45, 7) is 6.65. The molecule has 1 aromatic heterocycles. The van der Waals surface area contributed by atoms with E-state index in [0.29, 0.717) is 13.1 Å². The van der Waals surface area contributed by atoms with Gasteiger partial charge in [-0.2, -0.15) is 5.10 Å². The van der Waals surface area contributed by atoms with Crippen molar-refractivity contribution in [1.29, 1.82) is 0 Å². The number of rotatable bonds is 3. The first kappa shape index (κ1) is 17.0. The normalized spacial score (nSPS) is 14.4. The summed E-state index contributed by atoms with van der Waals surface area (Å²) in [4.78, 5) is 16.5. The summed E-state index contributed by atoms with van der Waals surface area (Å²) >= 11 is 0. The Hall–Kier alpha value is -2.83. The van der Waals surface area contributed by atoms with Crippen LogP contribution in [0.1, 0.15) is 11.3 Å². The molecule has 1 saturated heterocycles. The Morgan fingerprint density at radius 3 is 2.44 bits per heavy atom. The van der Waals surface area contributed by atoms with Crippen LogP contribution < -0.4 is 15.0 Å². The number of nitrogens with one attached hydrogen (secondary N) is 1. The van der Waals surface area contributed by atoms with Gasteiger partial charge < -0.3 is 19.9 Å². The fourth-order valence-electron chi connectivity index (χ4n) is 2.80. The van der Waals surface area contributed by atoms with Gasteiger partial charge in [-0.05, 0) is 49.7 Å². The Kier molecular flexibility index (Phi) is 5.02. The van der Waals surface area contributed by atoms with E-state index in [4.69, 9.17) is 4.74 Å². The summed E-state index contributed by atoms with van der Waals surface area (Å²) in [7, 11) is 1.63. The lowest BCUT2D eigenvalue weighted by Gasteiger charge is -2.35. The first-order valence-corrected chi connectivity index (χ1v) is 8.32. The van der Waals surface area contributed by atoms with Crippen molar-refractivity contribution in [1.82, 2.24) is 15.1 Å². The van der Waals surface area contributed by atoms with E-state index in [1.165, 1.54) is 0 Å². The van der Waals surface area contributed by atoms with Gasteiger partial charge in [0.15, 0.2) is 5.82 Å². The number of methoxy groups -OCH3 is 1. The van der Waals surface area contributed by atoms with Crippen LogP contribution in [0, 0.1) is 13.8 Å². The predicted octanol–water partition coefficient (Wildman–Crippen LogP) is 2.46. The Bertz CT molecular complexity index is 740. The maximum atomic E-state index is 12.5. The van der Waals surface area contributed by atoms with E-state index in [1.54, 1.807) is 7.11 Å². The summed E-state index contributed by atoms with van der Waals surface area (Å²) in [5.74, 6) is 1.64. The predicted molar refractivity (Wildman–Crippen MR) is 97.3 cm³/mol. The average Bonchev–Trinajstić information content (AvgIpc) is 2.64. The zero-order valence-corrected chi connectivity index (χ0v) is 14.8. The number of carbonyl (C=O) groups excluding carboxylic acids is 1. The van der Waals surface area contributed by atoms with Gasteiger partial charge in [-0.1, -0.05) is 0 Å². The third-order valence-electron chi connectivity index (χ3n) is 4.35. The number of anilines is 2. The number of hydrogen-bond acceptors (Lipinski definition) is 5. The minimum Gasteiger partial charge on any atom is -0.497 e. The standard InChI is InChI=1S/C18H23N5O2/c1-13-12-15(25-3)5-6-16(13)19-18(24)23-10-8-22(9-11-23)17-7-4-14(2)20-21-17/h4-7,12H,8-11H2,1-3H3,(H,19,24). The fraction of sp³-hybridized carbons (Fsp3) is 0.389. The number of aryl methyl sites for hydroxylation is 2. The maximum Gasteiger partial charge on any atom is 0.321 e. The Morgan fingerprint density at radius 1 is 1.08 bits per heavy atom. The van der Waals surface area contributed by atoms with E-state index in [0.717, 1.165) is 41.6 Å². The molecule has 0 unspecified atom stereocenters. The van der Waals surface area contributed by atoms with Crippen LogP contribution in [-0.2, 0) is 0 Å². The Balaban J connectivity index is 1.57. The number of benzene rings is 1. The van der Waals surface area contributed by atoms with Crippen molar-refractivity contribution < 1.29 is 9.53 Å². The van der Waals surface area contributed by atoms with Gasteiger partial charge in [0.25, 0.3) is 0 Å². The van der Waals surface area contributed by atoms with E-state index in [1.807, 2.05) is 49.1 Å². The molecule has 1 aromatic carbocycles. The lowest BCUT2D eigenvalue weighted by Crippen LogP contribution is -2.50. The number of urea groups is 1. The monoisotopic (exact) mass is 341 g/mol. The van der Waals surface area contributed by atoms with Crippen LogP contribution in [0.4, 0.5) is 16.3 Å². The molecular weight excluding hydrogens is 318 g/mol. The highest BCUT2D eigenvalue weighted by molar-refractivity contribution is 5.90. The third-order valence-corrected chi connectivity index (χ3v) is 4.35. The molecule has 0 bridgehead atoms.